The molecule has 2 nitrogen and oxygen atoms in total. The summed E-state index contributed by atoms with van der Waals surface area (Å²) in [5, 5.41) is 4.65. The third kappa shape index (κ3) is 2.95. The van der Waals surface area contributed by atoms with E-state index in [0.717, 1.165) is 17.0 Å². The Kier molecular flexibility index (Phi) is 4.08. The summed E-state index contributed by atoms with van der Waals surface area (Å²) in [5.74, 6) is 0.897. The summed E-state index contributed by atoms with van der Waals surface area (Å²) in [6.07, 6.45) is 2.08. The van der Waals surface area contributed by atoms with Crippen LogP contribution in [0.25, 0.3) is 10.9 Å². The Morgan fingerprint density at radius 1 is 0.909 bits per heavy atom. The molecule has 0 aliphatic rings. The van der Waals surface area contributed by atoms with Crippen molar-refractivity contribution < 1.29 is 0 Å². The van der Waals surface area contributed by atoms with Crippen LogP contribution in [0.1, 0.15) is 16.7 Å². The van der Waals surface area contributed by atoms with Crippen molar-refractivity contribution in [1.82, 2.24) is 4.98 Å². The van der Waals surface area contributed by atoms with Crippen molar-refractivity contribution in [2.24, 2.45) is 0 Å². The minimum atomic E-state index is 0.897. The van der Waals surface area contributed by atoms with Gasteiger partial charge in [0.1, 0.15) is 5.82 Å². The van der Waals surface area contributed by atoms with E-state index in [2.05, 4.69) is 74.8 Å². The van der Waals surface area contributed by atoms with E-state index in [1.165, 1.54) is 27.0 Å². The zero-order valence-corrected chi connectivity index (χ0v) is 14.2. The largest absolute Gasteiger partial charge is 0.340 e. The maximum atomic E-state index is 4.80. The molecule has 0 aliphatic heterocycles. The molecule has 0 radical (unpaired) electrons. The number of hydrogen-bond acceptors (Lipinski definition) is 3. The van der Waals surface area contributed by atoms with Gasteiger partial charge in [-0.2, -0.15) is 0 Å². The van der Waals surface area contributed by atoms with Gasteiger partial charge in [0.2, 0.25) is 0 Å². The van der Waals surface area contributed by atoms with Crippen LogP contribution in [0.15, 0.2) is 47.4 Å². The Hall–Kier alpha value is -2.00. The molecule has 0 fully saturated rings. The van der Waals surface area contributed by atoms with E-state index in [1.54, 1.807) is 11.8 Å². The molecule has 112 valence electrons. The molecule has 1 heterocycles. The van der Waals surface area contributed by atoms with Crippen LogP contribution >= 0.6 is 11.8 Å². The van der Waals surface area contributed by atoms with Gasteiger partial charge in [-0.3, -0.25) is 0 Å². The molecule has 0 amide bonds. The zero-order chi connectivity index (χ0) is 15.7. The van der Waals surface area contributed by atoms with Crippen molar-refractivity contribution in [3.05, 3.63) is 59.2 Å². The highest BCUT2D eigenvalue weighted by Gasteiger charge is 2.06. The van der Waals surface area contributed by atoms with Gasteiger partial charge in [-0.15, -0.1) is 11.8 Å². The van der Waals surface area contributed by atoms with Crippen molar-refractivity contribution in [2.45, 2.75) is 25.7 Å². The van der Waals surface area contributed by atoms with E-state index in [0.29, 0.717) is 0 Å². The van der Waals surface area contributed by atoms with Crippen molar-refractivity contribution >= 4 is 34.2 Å². The summed E-state index contributed by atoms with van der Waals surface area (Å²) in [6.45, 7) is 6.40. The van der Waals surface area contributed by atoms with Crippen LogP contribution in [-0.2, 0) is 0 Å². The average molecular weight is 308 g/mol. The number of rotatable bonds is 3. The number of nitrogens with one attached hydrogen (secondary N) is 1. The van der Waals surface area contributed by atoms with Crippen LogP contribution in [0.3, 0.4) is 0 Å². The molecule has 0 unspecified atom stereocenters. The quantitative estimate of drug-likeness (QED) is 0.635. The molecular weight excluding hydrogens is 288 g/mol. The lowest BCUT2D eigenvalue weighted by molar-refractivity contribution is 1.30. The summed E-state index contributed by atoms with van der Waals surface area (Å²) in [6, 6.07) is 14.9. The molecule has 0 saturated heterocycles. The van der Waals surface area contributed by atoms with Gasteiger partial charge in [-0.25, -0.2) is 4.98 Å². The van der Waals surface area contributed by atoms with Crippen LogP contribution in [-0.4, -0.2) is 11.2 Å². The van der Waals surface area contributed by atoms with Gasteiger partial charge in [0.25, 0.3) is 0 Å². The predicted octanol–water partition coefficient (Wildman–Crippen LogP) is 5.63. The Bertz CT molecular complexity index is 823. The van der Waals surface area contributed by atoms with Crippen molar-refractivity contribution in [1.29, 1.82) is 0 Å². The van der Waals surface area contributed by atoms with Gasteiger partial charge < -0.3 is 5.32 Å². The molecule has 2 aromatic carbocycles. The number of nitrogens with zero attached hydrogens (tertiary/aromatic N) is 1. The number of aromatic nitrogens is 1. The Labute approximate surface area is 136 Å². The highest BCUT2D eigenvalue weighted by Crippen LogP contribution is 2.26. The van der Waals surface area contributed by atoms with E-state index >= 15 is 0 Å². The molecular formula is C19H20N2S. The first kappa shape index (κ1) is 14.9. The molecule has 1 N–H and O–H groups in total. The first-order chi connectivity index (χ1) is 10.6. The third-order valence-electron chi connectivity index (χ3n) is 3.82. The SMILES string of the molecule is CSc1ccc(Nc2cc(C)c3cc(C)cc(C)c3n2)cc1. The number of benzene rings is 2. The topological polar surface area (TPSA) is 24.9 Å². The van der Waals surface area contributed by atoms with Gasteiger partial charge in [-0.05, 0) is 74.6 Å². The van der Waals surface area contributed by atoms with E-state index in [9.17, 15) is 0 Å². The average Bonchev–Trinajstić information content (AvgIpc) is 2.49. The molecule has 1 aromatic heterocycles. The summed E-state index contributed by atoms with van der Waals surface area (Å²) < 4.78 is 0. The maximum Gasteiger partial charge on any atom is 0.131 e. The minimum Gasteiger partial charge on any atom is -0.340 e. The Morgan fingerprint density at radius 2 is 1.64 bits per heavy atom. The second kappa shape index (κ2) is 6.01. The smallest absolute Gasteiger partial charge is 0.131 e. The summed E-state index contributed by atoms with van der Waals surface area (Å²) in [7, 11) is 0. The third-order valence-corrected chi connectivity index (χ3v) is 4.56. The number of thioether (sulfide) groups is 1. The van der Waals surface area contributed by atoms with Crippen molar-refractivity contribution in [3.8, 4) is 0 Å². The summed E-state index contributed by atoms with van der Waals surface area (Å²) >= 11 is 1.75. The monoisotopic (exact) mass is 308 g/mol. The highest BCUT2D eigenvalue weighted by molar-refractivity contribution is 7.98. The molecule has 3 aromatic rings. The van der Waals surface area contributed by atoms with Crippen LogP contribution in [0.5, 0.6) is 0 Å². The number of fused-ring (bicyclic) bond motifs is 1. The molecule has 0 spiro atoms. The lowest BCUT2D eigenvalue weighted by atomic mass is 10.0. The molecule has 3 heteroatoms. The first-order valence-corrected chi connectivity index (χ1v) is 8.59. The minimum absolute atomic E-state index is 0.897. The number of pyridine rings is 1. The van der Waals surface area contributed by atoms with E-state index < -0.39 is 0 Å². The van der Waals surface area contributed by atoms with Gasteiger partial charge in [0.05, 0.1) is 5.52 Å². The second-order valence-corrected chi connectivity index (χ2v) is 6.54. The number of hydrogen-bond donors (Lipinski definition) is 1. The molecule has 3 rings (SSSR count). The van der Waals surface area contributed by atoms with Crippen LogP contribution in [0.4, 0.5) is 11.5 Å². The summed E-state index contributed by atoms with van der Waals surface area (Å²) in [4.78, 5) is 6.06. The molecule has 0 aliphatic carbocycles. The molecule has 0 atom stereocenters. The zero-order valence-electron chi connectivity index (χ0n) is 13.4. The molecule has 0 bridgehead atoms. The van der Waals surface area contributed by atoms with Crippen molar-refractivity contribution in [3.63, 3.8) is 0 Å². The Balaban J connectivity index is 2.00. The second-order valence-electron chi connectivity index (χ2n) is 5.66. The predicted molar refractivity (Wildman–Crippen MR) is 97.5 cm³/mol. The van der Waals surface area contributed by atoms with Crippen LogP contribution in [0.2, 0.25) is 0 Å². The van der Waals surface area contributed by atoms with Crippen LogP contribution < -0.4 is 5.32 Å². The van der Waals surface area contributed by atoms with Gasteiger partial charge in [-0.1, -0.05) is 11.6 Å². The fourth-order valence-corrected chi connectivity index (χ4v) is 3.14. The molecule has 22 heavy (non-hydrogen) atoms. The maximum absolute atomic E-state index is 4.80. The number of aryl methyl sites for hydroxylation is 3. The van der Waals surface area contributed by atoms with E-state index in [-0.39, 0.29) is 0 Å². The standard InChI is InChI=1S/C19H20N2S/c1-12-9-14(3)19-17(10-12)13(2)11-18(21-19)20-15-5-7-16(22-4)8-6-15/h5-11H,1-4H3,(H,20,21). The lowest BCUT2D eigenvalue weighted by Gasteiger charge is -2.11. The normalized spacial score (nSPS) is 10.9. The van der Waals surface area contributed by atoms with Gasteiger partial charge >= 0.3 is 0 Å². The van der Waals surface area contributed by atoms with E-state index in [1.807, 2.05) is 0 Å². The fourth-order valence-electron chi connectivity index (χ4n) is 2.73. The fraction of sp³-hybridized carbons (Fsp3) is 0.211. The lowest BCUT2D eigenvalue weighted by Crippen LogP contribution is -1.97. The highest BCUT2D eigenvalue weighted by atomic mass is 32.2. The van der Waals surface area contributed by atoms with Crippen LogP contribution in [0, 0.1) is 20.8 Å². The Morgan fingerprint density at radius 3 is 2.32 bits per heavy atom. The van der Waals surface area contributed by atoms with Gasteiger partial charge in [0.15, 0.2) is 0 Å². The first-order valence-electron chi connectivity index (χ1n) is 7.36. The van der Waals surface area contributed by atoms with E-state index in [4.69, 9.17) is 4.98 Å². The van der Waals surface area contributed by atoms with Gasteiger partial charge in [0, 0.05) is 16.0 Å². The summed E-state index contributed by atoms with van der Waals surface area (Å²) in [5.41, 5.74) is 5.89. The molecule has 0 saturated carbocycles. The number of anilines is 2. The van der Waals surface area contributed by atoms with Crippen molar-refractivity contribution in [2.75, 3.05) is 11.6 Å².